The van der Waals surface area contributed by atoms with Gasteiger partial charge in [0.25, 0.3) is 10.0 Å². The Morgan fingerprint density at radius 1 is 1.10 bits per heavy atom. The van der Waals surface area contributed by atoms with Crippen LogP contribution in [0.4, 0.5) is 18.9 Å². The number of aryl methyl sites for hydroxylation is 1. The Kier molecular flexibility index (Phi) is 4.69. The van der Waals surface area contributed by atoms with Gasteiger partial charge in [-0.2, -0.15) is 13.2 Å². The molecule has 0 aliphatic carbocycles. The highest BCUT2D eigenvalue weighted by Gasteiger charge is 2.36. The lowest BCUT2D eigenvalue weighted by Crippen LogP contribution is -2.16. The zero-order valence-electron chi connectivity index (χ0n) is 14.7. The van der Waals surface area contributed by atoms with Gasteiger partial charge in [0, 0.05) is 17.0 Å². The van der Waals surface area contributed by atoms with E-state index < -0.39 is 22.0 Å². The molecular formula is C17H13F3N2O5S2. The van der Waals surface area contributed by atoms with E-state index in [1.165, 1.54) is 18.2 Å². The Labute approximate surface area is 167 Å². The fourth-order valence-corrected chi connectivity index (χ4v) is 5.29. The minimum absolute atomic E-state index is 0.0658. The van der Waals surface area contributed by atoms with Crippen LogP contribution < -0.4 is 14.2 Å². The second-order valence-corrected chi connectivity index (χ2v) is 8.98. The number of sulfonamides is 1. The highest BCUT2D eigenvalue weighted by Crippen LogP contribution is 2.38. The Balaban J connectivity index is 1.62. The van der Waals surface area contributed by atoms with Gasteiger partial charge in [-0.1, -0.05) is 5.16 Å². The number of hydrogen-bond donors (Lipinski definition) is 1. The highest BCUT2D eigenvalue weighted by molar-refractivity contribution is 7.93. The van der Waals surface area contributed by atoms with Gasteiger partial charge in [0.05, 0.1) is 10.6 Å². The molecule has 0 bridgehead atoms. The van der Waals surface area contributed by atoms with Crippen molar-refractivity contribution in [3.63, 3.8) is 0 Å². The number of hydrogen-bond acceptors (Lipinski definition) is 7. The van der Waals surface area contributed by atoms with Crippen molar-refractivity contribution in [2.45, 2.75) is 18.0 Å². The molecule has 1 aromatic carbocycles. The summed E-state index contributed by atoms with van der Waals surface area (Å²) in [6.45, 7) is 2.32. The summed E-state index contributed by atoms with van der Waals surface area (Å²) in [5.41, 5.74) is 0.174. The van der Waals surface area contributed by atoms with Crippen molar-refractivity contribution < 1.29 is 35.6 Å². The normalized spacial score (nSPS) is 14.1. The number of anilines is 1. The standard InChI is InChI=1S/C17H13F3N2O5S2/c1-9-15(8-14(28-9)11-7-16(27-21-11)17(18,19)20)29(23,24)22-10-2-3-12-13(6-10)26-5-4-25-12/h2-3,6-8,22H,4-5H2,1H3. The molecule has 2 aromatic heterocycles. The van der Waals surface area contributed by atoms with Crippen molar-refractivity contribution in [1.82, 2.24) is 5.16 Å². The number of alkyl halides is 3. The van der Waals surface area contributed by atoms with Crippen molar-refractivity contribution in [3.05, 3.63) is 41.0 Å². The smallest absolute Gasteiger partial charge is 0.452 e. The summed E-state index contributed by atoms with van der Waals surface area (Å²) in [6, 6.07) is 6.61. The van der Waals surface area contributed by atoms with Crippen molar-refractivity contribution in [1.29, 1.82) is 0 Å². The van der Waals surface area contributed by atoms with E-state index in [0.29, 0.717) is 29.6 Å². The van der Waals surface area contributed by atoms with Crippen molar-refractivity contribution in [3.8, 4) is 22.1 Å². The van der Waals surface area contributed by atoms with Crippen LogP contribution in [-0.2, 0) is 16.2 Å². The van der Waals surface area contributed by atoms with Gasteiger partial charge in [0.15, 0.2) is 11.5 Å². The number of halogens is 3. The molecule has 3 aromatic rings. The lowest BCUT2D eigenvalue weighted by Gasteiger charge is -2.19. The monoisotopic (exact) mass is 446 g/mol. The molecule has 29 heavy (non-hydrogen) atoms. The predicted molar refractivity (Wildman–Crippen MR) is 97.8 cm³/mol. The molecule has 0 unspecified atom stereocenters. The van der Waals surface area contributed by atoms with Gasteiger partial charge in [-0.25, -0.2) is 8.42 Å². The molecule has 0 atom stereocenters. The molecule has 0 fully saturated rings. The Hall–Kier alpha value is -2.73. The minimum Gasteiger partial charge on any atom is -0.486 e. The minimum atomic E-state index is -4.67. The van der Waals surface area contributed by atoms with E-state index in [-0.39, 0.29) is 21.2 Å². The lowest BCUT2D eigenvalue weighted by molar-refractivity contribution is -0.155. The number of fused-ring (bicyclic) bond motifs is 1. The van der Waals surface area contributed by atoms with Gasteiger partial charge in [-0.05, 0) is 25.1 Å². The van der Waals surface area contributed by atoms with Crippen LogP contribution in [0.25, 0.3) is 10.6 Å². The van der Waals surface area contributed by atoms with Gasteiger partial charge >= 0.3 is 6.18 Å². The maximum atomic E-state index is 12.8. The van der Waals surface area contributed by atoms with Crippen LogP contribution in [0.5, 0.6) is 11.5 Å². The van der Waals surface area contributed by atoms with E-state index in [0.717, 1.165) is 17.4 Å². The first-order valence-corrected chi connectivity index (χ1v) is 10.5. The number of ether oxygens (including phenoxy) is 2. The summed E-state index contributed by atoms with van der Waals surface area (Å²) in [5.74, 6) is -0.321. The summed E-state index contributed by atoms with van der Waals surface area (Å²) in [5, 5.41) is 3.39. The highest BCUT2D eigenvalue weighted by atomic mass is 32.2. The molecule has 1 aliphatic rings. The van der Waals surface area contributed by atoms with E-state index in [1.54, 1.807) is 13.0 Å². The van der Waals surface area contributed by atoms with Crippen molar-refractivity contribution in [2.24, 2.45) is 0 Å². The van der Waals surface area contributed by atoms with Gasteiger partial charge < -0.3 is 14.0 Å². The van der Waals surface area contributed by atoms with E-state index in [9.17, 15) is 21.6 Å². The Morgan fingerprint density at radius 3 is 2.52 bits per heavy atom. The second kappa shape index (κ2) is 6.95. The topological polar surface area (TPSA) is 90.7 Å². The Morgan fingerprint density at radius 2 is 1.83 bits per heavy atom. The third-order valence-corrected chi connectivity index (χ3v) is 6.71. The first-order chi connectivity index (χ1) is 13.6. The van der Waals surface area contributed by atoms with Crippen LogP contribution in [0.15, 0.2) is 39.8 Å². The van der Waals surface area contributed by atoms with Gasteiger partial charge in [-0.3, -0.25) is 4.72 Å². The number of aromatic nitrogens is 1. The summed E-state index contributed by atoms with van der Waals surface area (Å²) >= 11 is 0.998. The molecular weight excluding hydrogens is 433 g/mol. The fraction of sp³-hybridized carbons (Fsp3) is 0.235. The molecule has 0 radical (unpaired) electrons. The number of nitrogens with one attached hydrogen (secondary N) is 1. The summed E-state index contributed by atoms with van der Waals surface area (Å²) < 4.78 is 81.3. The number of thiophene rings is 1. The fourth-order valence-electron chi connectivity index (χ4n) is 2.70. The van der Waals surface area contributed by atoms with Crippen LogP contribution in [0.3, 0.4) is 0 Å². The van der Waals surface area contributed by atoms with Crippen LogP contribution in [0, 0.1) is 6.92 Å². The molecule has 4 rings (SSSR count). The molecule has 154 valence electrons. The third kappa shape index (κ3) is 3.90. The van der Waals surface area contributed by atoms with Crippen molar-refractivity contribution in [2.75, 3.05) is 17.9 Å². The van der Waals surface area contributed by atoms with Gasteiger partial charge in [0.2, 0.25) is 5.76 Å². The maximum Gasteiger partial charge on any atom is 0.452 e. The zero-order chi connectivity index (χ0) is 20.8. The molecule has 0 saturated carbocycles. The molecule has 1 N–H and O–H groups in total. The van der Waals surface area contributed by atoms with Crippen LogP contribution in [0.2, 0.25) is 0 Å². The SMILES string of the molecule is Cc1sc(-c2cc(C(F)(F)F)on2)cc1S(=O)(=O)Nc1ccc2c(c1)OCCO2. The molecule has 12 heteroatoms. The molecule has 0 spiro atoms. The van der Waals surface area contributed by atoms with E-state index >= 15 is 0 Å². The maximum absolute atomic E-state index is 12.8. The van der Waals surface area contributed by atoms with Gasteiger partial charge in [-0.15, -0.1) is 11.3 Å². The predicted octanol–water partition coefficient (Wildman–Crippen LogP) is 4.30. The molecule has 1 aliphatic heterocycles. The molecule has 7 nitrogen and oxygen atoms in total. The molecule has 0 saturated heterocycles. The number of benzene rings is 1. The third-order valence-electron chi connectivity index (χ3n) is 4.00. The average molecular weight is 446 g/mol. The van der Waals surface area contributed by atoms with E-state index in [4.69, 9.17) is 9.47 Å². The quantitative estimate of drug-likeness (QED) is 0.643. The first-order valence-electron chi connectivity index (χ1n) is 8.21. The number of nitrogens with zero attached hydrogens (tertiary/aromatic N) is 1. The van der Waals surface area contributed by atoms with Crippen LogP contribution in [-0.4, -0.2) is 26.8 Å². The lowest BCUT2D eigenvalue weighted by atomic mass is 10.3. The number of rotatable bonds is 4. The van der Waals surface area contributed by atoms with E-state index in [2.05, 4.69) is 14.4 Å². The molecule has 3 heterocycles. The van der Waals surface area contributed by atoms with Gasteiger partial charge in [0.1, 0.15) is 23.8 Å². The summed E-state index contributed by atoms with van der Waals surface area (Å²) in [7, 11) is -4.00. The average Bonchev–Trinajstić information content (AvgIpc) is 3.28. The zero-order valence-corrected chi connectivity index (χ0v) is 16.4. The van der Waals surface area contributed by atoms with Crippen molar-refractivity contribution >= 4 is 27.0 Å². The largest absolute Gasteiger partial charge is 0.486 e. The first kappa shape index (κ1) is 19.6. The second-order valence-electron chi connectivity index (χ2n) is 6.07. The summed E-state index contributed by atoms with van der Waals surface area (Å²) in [4.78, 5) is 0.565. The molecule has 0 amide bonds. The Bertz CT molecular complexity index is 1170. The summed E-state index contributed by atoms with van der Waals surface area (Å²) in [6.07, 6.45) is -4.67. The van der Waals surface area contributed by atoms with Crippen LogP contribution in [0.1, 0.15) is 10.6 Å². The van der Waals surface area contributed by atoms with E-state index in [1.807, 2.05) is 0 Å². The van der Waals surface area contributed by atoms with Crippen LogP contribution >= 0.6 is 11.3 Å².